The van der Waals surface area contributed by atoms with Crippen molar-refractivity contribution in [2.75, 3.05) is 18.9 Å². The van der Waals surface area contributed by atoms with Crippen LogP contribution in [0.25, 0.3) is 20.8 Å². The van der Waals surface area contributed by atoms with Crippen LogP contribution in [0.2, 0.25) is 0 Å². The van der Waals surface area contributed by atoms with Crippen molar-refractivity contribution in [2.24, 2.45) is 5.41 Å². The Hall–Kier alpha value is -1.47. The molecule has 0 bridgehead atoms. The van der Waals surface area contributed by atoms with Gasteiger partial charge in [-0.3, -0.25) is 4.79 Å². The predicted octanol–water partition coefficient (Wildman–Crippen LogP) is 5.42. The lowest BCUT2D eigenvalue weighted by Gasteiger charge is -2.22. The Bertz CT molecular complexity index is 954. The third-order valence-corrected chi connectivity index (χ3v) is 6.85. The molecule has 0 unspecified atom stereocenters. The highest BCUT2D eigenvalue weighted by Gasteiger charge is 2.29. The zero-order valence-corrected chi connectivity index (χ0v) is 18.4. The van der Waals surface area contributed by atoms with Crippen LogP contribution in [0.5, 0.6) is 0 Å². The van der Waals surface area contributed by atoms with Gasteiger partial charge in [-0.25, -0.2) is 4.98 Å². The summed E-state index contributed by atoms with van der Waals surface area (Å²) < 4.78 is 1.18. The molecular formula is C20H24ClN3OS2. The van der Waals surface area contributed by atoms with Gasteiger partial charge in [0.15, 0.2) is 0 Å². The quantitative estimate of drug-likeness (QED) is 0.600. The molecule has 0 saturated heterocycles. The first-order chi connectivity index (χ1) is 12.3. The number of amides is 1. The molecule has 1 aliphatic rings. The largest absolute Gasteiger partial charge is 0.317 e. The first kappa shape index (κ1) is 20.3. The van der Waals surface area contributed by atoms with Crippen LogP contribution >= 0.6 is 35.1 Å². The van der Waals surface area contributed by atoms with Crippen LogP contribution < -0.4 is 5.32 Å². The number of hydrogen-bond donors (Lipinski definition) is 1. The number of carbonyl (C=O) groups is 1. The van der Waals surface area contributed by atoms with Gasteiger partial charge >= 0.3 is 0 Å². The number of anilines is 1. The van der Waals surface area contributed by atoms with Gasteiger partial charge < -0.3 is 10.2 Å². The molecule has 27 heavy (non-hydrogen) atoms. The summed E-state index contributed by atoms with van der Waals surface area (Å²) in [5.74, 6) is 0.0480. The van der Waals surface area contributed by atoms with Crippen molar-refractivity contribution >= 4 is 56.2 Å². The Labute approximate surface area is 174 Å². The Morgan fingerprint density at radius 2 is 1.96 bits per heavy atom. The van der Waals surface area contributed by atoms with Gasteiger partial charge in [-0.05, 0) is 31.2 Å². The standard InChI is InChI=1S/C20H23N3OS2.ClH/c1-20(2,3)19(24)22-18-16(12-9-10-23(4)11-15(12)26-18)17-21-13-7-5-6-8-14(13)25-17;/h5-8H,9-11H2,1-4H3,(H,22,24);1H. The lowest BCUT2D eigenvalue weighted by Crippen LogP contribution is -2.27. The number of aromatic nitrogens is 1. The number of halogens is 1. The number of benzene rings is 1. The smallest absolute Gasteiger partial charge is 0.230 e. The topological polar surface area (TPSA) is 45.2 Å². The number of nitrogens with zero attached hydrogens (tertiary/aromatic N) is 2. The highest BCUT2D eigenvalue weighted by molar-refractivity contribution is 7.22. The predicted molar refractivity (Wildman–Crippen MR) is 118 cm³/mol. The summed E-state index contributed by atoms with van der Waals surface area (Å²) in [5, 5.41) is 5.15. The maximum atomic E-state index is 12.6. The van der Waals surface area contributed by atoms with Gasteiger partial charge in [0, 0.05) is 28.9 Å². The summed E-state index contributed by atoms with van der Waals surface area (Å²) in [7, 11) is 2.15. The number of rotatable bonds is 2. The third-order valence-electron chi connectivity index (χ3n) is 4.66. The Kier molecular flexibility index (Phi) is 5.64. The van der Waals surface area contributed by atoms with Crippen LogP contribution in [-0.4, -0.2) is 29.4 Å². The van der Waals surface area contributed by atoms with Crippen molar-refractivity contribution in [3.8, 4) is 10.6 Å². The van der Waals surface area contributed by atoms with Gasteiger partial charge in [0.1, 0.15) is 10.0 Å². The number of likely N-dealkylation sites (N-methyl/N-ethyl adjacent to an activating group) is 1. The van der Waals surface area contributed by atoms with Gasteiger partial charge in [0.2, 0.25) is 5.91 Å². The first-order valence-electron chi connectivity index (χ1n) is 8.83. The molecule has 0 atom stereocenters. The summed E-state index contributed by atoms with van der Waals surface area (Å²) in [6.45, 7) is 7.81. The van der Waals surface area contributed by atoms with Crippen LogP contribution in [0.4, 0.5) is 5.00 Å². The fraction of sp³-hybridized carbons (Fsp3) is 0.400. The van der Waals surface area contributed by atoms with Gasteiger partial charge in [-0.1, -0.05) is 32.9 Å². The Morgan fingerprint density at radius 3 is 2.67 bits per heavy atom. The average Bonchev–Trinajstić information content (AvgIpc) is 3.13. The highest BCUT2D eigenvalue weighted by atomic mass is 35.5. The zero-order valence-electron chi connectivity index (χ0n) is 16.0. The molecule has 0 saturated carbocycles. The average molecular weight is 422 g/mol. The molecule has 1 amide bonds. The molecular weight excluding hydrogens is 398 g/mol. The van der Waals surface area contributed by atoms with E-state index in [2.05, 4.69) is 29.4 Å². The summed E-state index contributed by atoms with van der Waals surface area (Å²) in [5.41, 5.74) is 3.09. The summed E-state index contributed by atoms with van der Waals surface area (Å²) >= 11 is 3.42. The number of carbonyl (C=O) groups excluding carboxylic acids is 1. The molecule has 3 aromatic rings. The van der Waals surface area contributed by atoms with Crippen LogP contribution in [0.1, 0.15) is 31.2 Å². The second kappa shape index (κ2) is 7.51. The number of fused-ring (bicyclic) bond motifs is 2. The van der Waals surface area contributed by atoms with E-state index < -0.39 is 5.41 Å². The summed E-state index contributed by atoms with van der Waals surface area (Å²) in [4.78, 5) is 21.2. The van der Waals surface area contributed by atoms with E-state index in [0.29, 0.717) is 0 Å². The van der Waals surface area contributed by atoms with Crippen molar-refractivity contribution in [2.45, 2.75) is 33.7 Å². The number of nitrogens with one attached hydrogen (secondary N) is 1. The van der Waals surface area contributed by atoms with Crippen LogP contribution in [-0.2, 0) is 17.8 Å². The van der Waals surface area contributed by atoms with Crippen molar-refractivity contribution in [1.29, 1.82) is 0 Å². The van der Waals surface area contributed by atoms with Gasteiger partial charge in [-0.2, -0.15) is 0 Å². The van der Waals surface area contributed by atoms with E-state index in [0.717, 1.165) is 40.6 Å². The van der Waals surface area contributed by atoms with Crippen molar-refractivity contribution < 1.29 is 4.79 Å². The van der Waals surface area contributed by atoms with Gasteiger partial charge in [0.05, 0.1) is 10.2 Å². The lowest BCUT2D eigenvalue weighted by molar-refractivity contribution is -0.123. The molecule has 0 fully saturated rings. The van der Waals surface area contributed by atoms with Crippen molar-refractivity contribution in [1.82, 2.24) is 9.88 Å². The minimum absolute atomic E-state index is 0. The third kappa shape index (κ3) is 3.90. The molecule has 4 rings (SSSR count). The van der Waals surface area contributed by atoms with Crippen LogP contribution in [0.3, 0.4) is 0 Å². The molecule has 1 aromatic carbocycles. The van der Waals surface area contributed by atoms with Crippen LogP contribution in [0, 0.1) is 5.41 Å². The fourth-order valence-corrected chi connectivity index (χ4v) is 5.55. The van der Waals surface area contributed by atoms with E-state index in [1.165, 1.54) is 15.1 Å². The summed E-state index contributed by atoms with van der Waals surface area (Å²) in [6, 6.07) is 8.22. The maximum Gasteiger partial charge on any atom is 0.230 e. The SMILES string of the molecule is CN1CCc2c(sc(NC(=O)C(C)(C)C)c2-c2nc3ccccc3s2)C1.Cl. The second-order valence-corrected chi connectivity index (χ2v) is 10.0. The zero-order chi connectivity index (χ0) is 18.5. The number of thiazole rings is 1. The normalized spacial score (nSPS) is 14.7. The highest BCUT2D eigenvalue weighted by Crippen LogP contribution is 2.45. The fourth-order valence-electron chi connectivity index (χ4n) is 3.12. The molecule has 7 heteroatoms. The van der Waals surface area contributed by atoms with E-state index in [1.807, 2.05) is 32.9 Å². The number of thiophene rings is 1. The van der Waals surface area contributed by atoms with E-state index in [-0.39, 0.29) is 18.3 Å². The monoisotopic (exact) mass is 421 g/mol. The molecule has 144 valence electrons. The molecule has 2 aromatic heterocycles. The van der Waals surface area contributed by atoms with Crippen molar-refractivity contribution in [3.05, 3.63) is 34.7 Å². The Balaban J connectivity index is 0.00000210. The van der Waals surface area contributed by atoms with Crippen LogP contribution in [0.15, 0.2) is 24.3 Å². The number of hydrogen-bond acceptors (Lipinski definition) is 5. The molecule has 0 spiro atoms. The van der Waals surface area contributed by atoms with E-state index in [4.69, 9.17) is 4.98 Å². The van der Waals surface area contributed by atoms with Gasteiger partial charge in [0.25, 0.3) is 0 Å². The first-order valence-corrected chi connectivity index (χ1v) is 10.5. The second-order valence-electron chi connectivity index (χ2n) is 7.89. The minimum Gasteiger partial charge on any atom is -0.317 e. The van der Waals surface area contributed by atoms with E-state index in [1.54, 1.807) is 22.7 Å². The van der Waals surface area contributed by atoms with E-state index in [9.17, 15) is 4.79 Å². The van der Waals surface area contributed by atoms with Gasteiger partial charge in [-0.15, -0.1) is 35.1 Å². The summed E-state index contributed by atoms with van der Waals surface area (Å²) in [6.07, 6.45) is 0.999. The lowest BCUT2D eigenvalue weighted by atomic mass is 9.95. The molecule has 4 nitrogen and oxygen atoms in total. The molecule has 1 N–H and O–H groups in total. The molecule has 3 heterocycles. The maximum absolute atomic E-state index is 12.6. The van der Waals surface area contributed by atoms with Crippen molar-refractivity contribution in [3.63, 3.8) is 0 Å². The molecule has 0 aliphatic carbocycles. The molecule has 0 radical (unpaired) electrons. The van der Waals surface area contributed by atoms with E-state index >= 15 is 0 Å². The Morgan fingerprint density at radius 1 is 1.22 bits per heavy atom. The molecule has 1 aliphatic heterocycles. The number of para-hydroxylation sites is 1. The minimum atomic E-state index is -0.424.